The van der Waals surface area contributed by atoms with Crippen molar-refractivity contribution in [2.45, 2.75) is 25.4 Å². The molecule has 0 radical (unpaired) electrons. The fourth-order valence-corrected chi connectivity index (χ4v) is 2.97. The number of carbonyl (C=O) groups excluding carboxylic acids is 1. The van der Waals surface area contributed by atoms with Crippen LogP contribution in [-0.4, -0.2) is 60.5 Å². The molecule has 9 nitrogen and oxygen atoms in total. The van der Waals surface area contributed by atoms with E-state index in [1.165, 1.54) is 12.4 Å². The fraction of sp³-hybridized carbons (Fsp3) is 0.250. The van der Waals surface area contributed by atoms with Crippen LogP contribution in [0.1, 0.15) is 16.1 Å². The Labute approximate surface area is 180 Å². The molecule has 1 N–H and O–H groups in total. The Hall–Kier alpha value is -3.96. The van der Waals surface area contributed by atoms with Crippen LogP contribution in [-0.2, 0) is 17.9 Å². The van der Waals surface area contributed by atoms with Gasteiger partial charge >= 0.3 is 12.1 Å². The second-order valence-electron chi connectivity index (χ2n) is 6.68. The second kappa shape index (κ2) is 9.90. The molecule has 0 aromatic carbocycles. The standard InChI is InChI=1S/C18H17N5O2.C2HF3O2/c24-18(14-6-8-20-21-10-14)23-11-15-4-3-9-22(15)12-16(13-23)25-17-5-1-2-7-19-17;3-2(4,5)1(6)7/h1-10,16H,11-13H2;(H,6,7). The molecule has 4 heterocycles. The molecule has 0 fully saturated rings. The van der Waals surface area contributed by atoms with Gasteiger partial charge < -0.3 is 19.3 Å². The van der Waals surface area contributed by atoms with E-state index in [0.717, 1.165) is 5.69 Å². The number of ether oxygens (including phenoxy) is 1. The summed E-state index contributed by atoms with van der Waals surface area (Å²) < 4.78 is 39.9. The smallest absolute Gasteiger partial charge is 0.475 e. The molecule has 0 saturated heterocycles. The summed E-state index contributed by atoms with van der Waals surface area (Å²) in [6, 6.07) is 11.2. The number of pyridine rings is 1. The van der Waals surface area contributed by atoms with E-state index in [-0.39, 0.29) is 12.0 Å². The van der Waals surface area contributed by atoms with Crippen molar-refractivity contribution in [2.24, 2.45) is 0 Å². The maximum Gasteiger partial charge on any atom is 0.490 e. The summed E-state index contributed by atoms with van der Waals surface area (Å²) in [7, 11) is 0. The Kier molecular flexibility index (Phi) is 7.03. The van der Waals surface area contributed by atoms with Gasteiger partial charge in [-0.25, -0.2) is 9.78 Å². The highest BCUT2D eigenvalue weighted by molar-refractivity contribution is 5.93. The number of aliphatic carboxylic acids is 1. The van der Waals surface area contributed by atoms with Crippen molar-refractivity contribution in [1.29, 1.82) is 0 Å². The van der Waals surface area contributed by atoms with Crippen LogP contribution in [0.15, 0.2) is 61.2 Å². The number of carbonyl (C=O) groups is 2. The predicted molar refractivity (Wildman–Crippen MR) is 104 cm³/mol. The Bertz CT molecular complexity index is 1040. The number of aromatic nitrogens is 4. The van der Waals surface area contributed by atoms with Gasteiger partial charge in [0, 0.05) is 24.2 Å². The Morgan fingerprint density at radius 2 is 1.84 bits per heavy atom. The molecule has 3 aromatic heterocycles. The maximum atomic E-state index is 12.9. The summed E-state index contributed by atoms with van der Waals surface area (Å²) in [4.78, 5) is 27.8. The number of carboxylic acid groups (broad SMARTS) is 1. The summed E-state index contributed by atoms with van der Waals surface area (Å²) in [5.74, 6) is -2.28. The third-order valence-corrected chi connectivity index (χ3v) is 4.39. The van der Waals surface area contributed by atoms with Crippen LogP contribution >= 0.6 is 0 Å². The number of hydrogen-bond acceptors (Lipinski definition) is 6. The van der Waals surface area contributed by atoms with Gasteiger partial charge in [-0.1, -0.05) is 6.07 Å². The summed E-state index contributed by atoms with van der Waals surface area (Å²) in [5.41, 5.74) is 1.59. The van der Waals surface area contributed by atoms with Crippen LogP contribution in [0.5, 0.6) is 5.88 Å². The largest absolute Gasteiger partial charge is 0.490 e. The molecule has 1 aliphatic heterocycles. The van der Waals surface area contributed by atoms with Crippen LogP contribution in [0, 0.1) is 0 Å². The third-order valence-electron chi connectivity index (χ3n) is 4.39. The third kappa shape index (κ3) is 6.03. The molecule has 0 aliphatic carbocycles. The van der Waals surface area contributed by atoms with Gasteiger partial charge in [-0.3, -0.25) is 4.79 Å². The topological polar surface area (TPSA) is 110 Å². The first-order chi connectivity index (χ1) is 15.2. The first-order valence-corrected chi connectivity index (χ1v) is 9.32. The molecule has 1 atom stereocenters. The number of nitrogens with zero attached hydrogens (tertiary/aromatic N) is 5. The van der Waals surface area contributed by atoms with Crippen LogP contribution in [0.3, 0.4) is 0 Å². The Balaban J connectivity index is 0.000000360. The fourth-order valence-electron chi connectivity index (χ4n) is 2.97. The Morgan fingerprint density at radius 1 is 1.06 bits per heavy atom. The number of rotatable bonds is 3. The molecule has 168 valence electrons. The van der Waals surface area contributed by atoms with E-state index >= 15 is 0 Å². The van der Waals surface area contributed by atoms with E-state index in [9.17, 15) is 18.0 Å². The van der Waals surface area contributed by atoms with E-state index in [1.807, 2.05) is 36.5 Å². The van der Waals surface area contributed by atoms with Crippen LogP contribution in [0.2, 0.25) is 0 Å². The molecule has 12 heteroatoms. The molecular weight excluding hydrogens is 431 g/mol. The lowest BCUT2D eigenvalue weighted by molar-refractivity contribution is -0.192. The zero-order chi connectivity index (χ0) is 23.1. The van der Waals surface area contributed by atoms with E-state index in [0.29, 0.717) is 31.1 Å². The van der Waals surface area contributed by atoms with Gasteiger partial charge in [0.2, 0.25) is 5.88 Å². The van der Waals surface area contributed by atoms with Crippen molar-refractivity contribution in [3.63, 3.8) is 0 Å². The molecule has 0 bridgehead atoms. The summed E-state index contributed by atoms with van der Waals surface area (Å²) in [6.45, 7) is 1.66. The molecule has 1 unspecified atom stereocenters. The number of halogens is 3. The minimum Gasteiger partial charge on any atom is -0.475 e. The number of carboxylic acids is 1. The lowest BCUT2D eigenvalue weighted by atomic mass is 10.2. The zero-order valence-electron chi connectivity index (χ0n) is 16.5. The van der Waals surface area contributed by atoms with E-state index in [2.05, 4.69) is 19.7 Å². The highest BCUT2D eigenvalue weighted by Gasteiger charge is 2.38. The molecule has 1 amide bonds. The Morgan fingerprint density at radius 3 is 2.47 bits per heavy atom. The second-order valence-corrected chi connectivity index (χ2v) is 6.68. The average Bonchev–Trinajstić information content (AvgIpc) is 3.13. The van der Waals surface area contributed by atoms with Crippen molar-refractivity contribution in [1.82, 2.24) is 24.6 Å². The molecule has 3 aromatic rings. The van der Waals surface area contributed by atoms with Gasteiger partial charge in [-0.05, 0) is 24.3 Å². The molecule has 32 heavy (non-hydrogen) atoms. The van der Waals surface area contributed by atoms with E-state index in [1.54, 1.807) is 17.2 Å². The highest BCUT2D eigenvalue weighted by atomic mass is 19.4. The van der Waals surface area contributed by atoms with Crippen molar-refractivity contribution in [2.75, 3.05) is 6.54 Å². The quantitative estimate of drug-likeness (QED) is 0.654. The van der Waals surface area contributed by atoms with E-state index < -0.39 is 12.1 Å². The van der Waals surface area contributed by atoms with Crippen molar-refractivity contribution >= 4 is 11.9 Å². The molecule has 1 aliphatic rings. The van der Waals surface area contributed by atoms with Crippen molar-refractivity contribution in [3.05, 3.63) is 72.4 Å². The number of hydrogen-bond donors (Lipinski definition) is 1. The monoisotopic (exact) mass is 449 g/mol. The normalized spacial score (nSPS) is 15.6. The minimum absolute atomic E-state index is 0.0841. The lowest BCUT2D eigenvalue weighted by Gasteiger charge is -2.24. The first-order valence-electron chi connectivity index (χ1n) is 9.32. The molecule has 0 saturated carbocycles. The number of fused-ring (bicyclic) bond motifs is 1. The summed E-state index contributed by atoms with van der Waals surface area (Å²) in [6.07, 6.45) is 1.43. The maximum absolute atomic E-state index is 12.9. The molecule has 0 spiro atoms. The summed E-state index contributed by atoms with van der Waals surface area (Å²) in [5, 5.41) is 14.7. The number of amides is 1. The van der Waals surface area contributed by atoms with Gasteiger partial charge in [-0.2, -0.15) is 23.4 Å². The van der Waals surface area contributed by atoms with E-state index in [4.69, 9.17) is 14.6 Å². The first kappa shape index (κ1) is 22.7. The van der Waals surface area contributed by atoms with Crippen LogP contribution in [0.4, 0.5) is 13.2 Å². The van der Waals surface area contributed by atoms with Crippen molar-refractivity contribution < 1.29 is 32.6 Å². The average molecular weight is 449 g/mol. The van der Waals surface area contributed by atoms with Gasteiger partial charge in [0.15, 0.2) is 0 Å². The van der Waals surface area contributed by atoms with Crippen LogP contribution < -0.4 is 4.74 Å². The number of alkyl halides is 3. The summed E-state index contributed by atoms with van der Waals surface area (Å²) >= 11 is 0. The minimum atomic E-state index is -5.08. The van der Waals surface area contributed by atoms with Gasteiger partial charge in [0.05, 0.1) is 37.6 Å². The predicted octanol–water partition coefficient (Wildman–Crippen LogP) is 2.41. The van der Waals surface area contributed by atoms with Crippen LogP contribution in [0.25, 0.3) is 0 Å². The van der Waals surface area contributed by atoms with Gasteiger partial charge in [-0.15, -0.1) is 0 Å². The lowest BCUT2D eigenvalue weighted by Crippen LogP contribution is -2.38. The highest BCUT2D eigenvalue weighted by Crippen LogP contribution is 2.19. The SMILES string of the molecule is O=C(O)C(F)(F)F.O=C(c1ccnnc1)N1Cc2cccn2CC(Oc2ccccn2)C1. The molecule has 4 rings (SSSR count). The van der Waals surface area contributed by atoms with Gasteiger partial charge in [0.1, 0.15) is 6.10 Å². The molecular formula is C20H18F3N5O4. The van der Waals surface area contributed by atoms with Crippen molar-refractivity contribution in [3.8, 4) is 5.88 Å². The van der Waals surface area contributed by atoms with Gasteiger partial charge in [0.25, 0.3) is 5.91 Å². The zero-order valence-corrected chi connectivity index (χ0v) is 16.5.